The van der Waals surface area contributed by atoms with Gasteiger partial charge in [0.25, 0.3) is 0 Å². The lowest BCUT2D eigenvalue weighted by atomic mass is 10.2. The van der Waals surface area contributed by atoms with Gasteiger partial charge in [-0.2, -0.15) is 0 Å². The smallest absolute Gasteiger partial charge is 0.161 e. The summed E-state index contributed by atoms with van der Waals surface area (Å²) in [6, 6.07) is 7.49. The molecule has 1 fully saturated rings. The van der Waals surface area contributed by atoms with E-state index in [0.717, 1.165) is 15.7 Å². The van der Waals surface area contributed by atoms with Crippen molar-refractivity contribution in [3.63, 3.8) is 0 Å². The largest absolute Gasteiger partial charge is 0.231 e. The molecule has 5 heteroatoms. The van der Waals surface area contributed by atoms with Gasteiger partial charge in [0, 0.05) is 16.5 Å². The maximum Gasteiger partial charge on any atom is 0.161 e. The Balaban J connectivity index is 2.12. The number of nitrogens with zero attached hydrogens (tertiary/aromatic N) is 2. The van der Waals surface area contributed by atoms with Crippen molar-refractivity contribution >= 4 is 39.1 Å². The van der Waals surface area contributed by atoms with E-state index in [2.05, 4.69) is 25.9 Å². The summed E-state index contributed by atoms with van der Waals surface area (Å²) in [6.07, 6.45) is 2.34. The number of rotatable bonds is 2. The molecule has 18 heavy (non-hydrogen) atoms. The summed E-state index contributed by atoms with van der Waals surface area (Å²) in [4.78, 5) is 8.91. The summed E-state index contributed by atoms with van der Waals surface area (Å²) in [7, 11) is 0. The number of benzene rings is 1. The molecule has 0 atom stereocenters. The van der Waals surface area contributed by atoms with Gasteiger partial charge in [0.15, 0.2) is 5.82 Å². The topological polar surface area (TPSA) is 25.8 Å². The molecule has 3 rings (SSSR count). The van der Waals surface area contributed by atoms with E-state index in [9.17, 15) is 0 Å². The van der Waals surface area contributed by atoms with Crippen LogP contribution in [0, 0.1) is 0 Å². The van der Waals surface area contributed by atoms with Gasteiger partial charge in [-0.3, -0.25) is 0 Å². The van der Waals surface area contributed by atoms with Crippen molar-refractivity contribution in [3.8, 4) is 11.4 Å². The molecule has 0 bridgehead atoms. The predicted molar refractivity (Wildman–Crippen MR) is 77.2 cm³/mol. The maximum atomic E-state index is 6.15. The molecule has 2 aromatic rings. The van der Waals surface area contributed by atoms with Crippen LogP contribution in [-0.2, 0) is 0 Å². The summed E-state index contributed by atoms with van der Waals surface area (Å²) in [5, 5.41) is 1.13. The quantitative estimate of drug-likeness (QED) is 0.709. The Morgan fingerprint density at radius 3 is 2.61 bits per heavy atom. The maximum absolute atomic E-state index is 6.15. The third-order valence-corrected chi connectivity index (χ3v) is 4.40. The van der Waals surface area contributed by atoms with Crippen LogP contribution in [0.25, 0.3) is 11.4 Å². The summed E-state index contributed by atoms with van der Waals surface area (Å²) < 4.78 is 0.817. The van der Waals surface area contributed by atoms with Crippen LogP contribution in [0.5, 0.6) is 0 Å². The van der Waals surface area contributed by atoms with Crippen LogP contribution in [0.4, 0.5) is 0 Å². The van der Waals surface area contributed by atoms with E-state index >= 15 is 0 Å². The molecule has 0 radical (unpaired) electrons. The number of aromatic nitrogens is 2. The minimum Gasteiger partial charge on any atom is -0.231 e. The van der Waals surface area contributed by atoms with E-state index in [4.69, 9.17) is 23.2 Å². The Hall–Kier alpha value is -0.640. The summed E-state index contributed by atoms with van der Waals surface area (Å²) >= 11 is 15.6. The molecule has 1 aromatic carbocycles. The van der Waals surface area contributed by atoms with E-state index in [1.807, 2.05) is 24.3 Å². The van der Waals surface area contributed by atoms with Gasteiger partial charge in [-0.05, 0) is 40.9 Å². The fourth-order valence-electron chi connectivity index (χ4n) is 1.82. The van der Waals surface area contributed by atoms with E-state index < -0.39 is 0 Å². The van der Waals surface area contributed by atoms with Crippen molar-refractivity contribution in [1.29, 1.82) is 0 Å². The highest BCUT2D eigenvalue weighted by atomic mass is 79.9. The second-order valence-corrected chi connectivity index (χ2v) is 5.91. The van der Waals surface area contributed by atoms with Gasteiger partial charge in [0.2, 0.25) is 0 Å². The third-order valence-electron chi connectivity index (χ3n) is 2.88. The van der Waals surface area contributed by atoms with Gasteiger partial charge in [-0.25, -0.2) is 9.97 Å². The van der Waals surface area contributed by atoms with Crippen LogP contribution in [-0.4, -0.2) is 9.97 Å². The van der Waals surface area contributed by atoms with Crippen LogP contribution in [0.15, 0.2) is 28.7 Å². The average Bonchev–Trinajstić information content (AvgIpc) is 3.16. The highest BCUT2D eigenvalue weighted by Gasteiger charge is 2.29. The summed E-state index contributed by atoms with van der Waals surface area (Å²) in [5.74, 6) is 1.14. The van der Waals surface area contributed by atoms with Gasteiger partial charge in [-0.1, -0.05) is 35.3 Å². The first-order valence-corrected chi connectivity index (χ1v) is 7.19. The van der Waals surface area contributed by atoms with Crippen LogP contribution < -0.4 is 0 Å². The zero-order valence-electron chi connectivity index (χ0n) is 9.33. The van der Waals surface area contributed by atoms with Crippen molar-refractivity contribution in [2.24, 2.45) is 0 Å². The van der Waals surface area contributed by atoms with Gasteiger partial charge >= 0.3 is 0 Å². The number of hydrogen-bond acceptors (Lipinski definition) is 2. The molecule has 1 aliphatic carbocycles. The average molecular weight is 344 g/mol. The molecule has 0 unspecified atom stereocenters. The van der Waals surface area contributed by atoms with Crippen molar-refractivity contribution < 1.29 is 0 Å². The second kappa shape index (κ2) is 4.80. The third kappa shape index (κ3) is 2.40. The molecular formula is C13H9BrCl2N2. The highest BCUT2D eigenvalue weighted by molar-refractivity contribution is 9.10. The molecular weight excluding hydrogens is 335 g/mol. The van der Waals surface area contributed by atoms with Gasteiger partial charge in [0.1, 0.15) is 5.15 Å². The van der Waals surface area contributed by atoms with Crippen molar-refractivity contribution in [1.82, 2.24) is 9.97 Å². The minimum atomic E-state index is 0.460. The van der Waals surface area contributed by atoms with Gasteiger partial charge in [-0.15, -0.1) is 0 Å². The molecule has 0 saturated heterocycles. The fourth-order valence-corrected chi connectivity index (χ4v) is 2.69. The minimum absolute atomic E-state index is 0.460. The van der Waals surface area contributed by atoms with Crippen LogP contribution in [0.1, 0.15) is 24.5 Å². The van der Waals surface area contributed by atoms with Crippen molar-refractivity contribution in [2.75, 3.05) is 0 Å². The van der Waals surface area contributed by atoms with Crippen LogP contribution >= 0.6 is 39.1 Å². The molecule has 0 N–H and O–H groups in total. The summed E-state index contributed by atoms with van der Waals surface area (Å²) in [6.45, 7) is 0. The lowest BCUT2D eigenvalue weighted by Crippen LogP contribution is -1.97. The Labute approximate surface area is 123 Å². The van der Waals surface area contributed by atoms with E-state index in [1.54, 1.807) is 0 Å². The highest BCUT2D eigenvalue weighted by Crippen LogP contribution is 2.44. The Morgan fingerprint density at radius 1 is 1.17 bits per heavy atom. The molecule has 1 saturated carbocycles. The first-order chi connectivity index (χ1) is 8.65. The molecule has 0 aliphatic heterocycles. The van der Waals surface area contributed by atoms with Crippen molar-refractivity contribution in [2.45, 2.75) is 18.8 Å². The number of halogens is 3. The zero-order valence-corrected chi connectivity index (χ0v) is 12.4. The lowest BCUT2D eigenvalue weighted by Gasteiger charge is -2.07. The molecule has 1 aliphatic rings. The predicted octanol–water partition coefficient (Wildman–Crippen LogP) is 5.09. The Kier molecular flexibility index (Phi) is 3.31. The van der Waals surface area contributed by atoms with Crippen LogP contribution in [0.2, 0.25) is 10.2 Å². The monoisotopic (exact) mass is 342 g/mol. The van der Waals surface area contributed by atoms with E-state index in [0.29, 0.717) is 21.9 Å². The Morgan fingerprint density at radius 2 is 1.94 bits per heavy atom. The SMILES string of the molecule is Clc1cccc(-c2nc(Cl)c(Br)c(C3CC3)n2)c1. The van der Waals surface area contributed by atoms with Crippen molar-refractivity contribution in [3.05, 3.63) is 44.6 Å². The van der Waals surface area contributed by atoms with Gasteiger partial charge in [0.05, 0.1) is 10.2 Å². The molecule has 1 heterocycles. The second-order valence-electron chi connectivity index (χ2n) is 4.32. The first-order valence-electron chi connectivity index (χ1n) is 5.64. The molecule has 2 nitrogen and oxygen atoms in total. The Bertz CT molecular complexity index is 612. The van der Waals surface area contributed by atoms with E-state index in [1.165, 1.54) is 12.8 Å². The van der Waals surface area contributed by atoms with Gasteiger partial charge < -0.3 is 0 Å². The molecule has 1 aromatic heterocycles. The first kappa shape index (κ1) is 12.4. The lowest BCUT2D eigenvalue weighted by molar-refractivity contribution is 0.979. The van der Waals surface area contributed by atoms with Crippen LogP contribution in [0.3, 0.4) is 0 Å². The molecule has 92 valence electrons. The standard InChI is InChI=1S/C13H9BrCl2N2/c14-10-11(7-4-5-7)17-13(18-12(10)16)8-2-1-3-9(15)6-8/h1-3,6-7H,4-5H2. The summed E-state index contributed by atoms with van der Waals surface area (Å²) in [5.41, 5.74) is 1.89. The molecule has 0 amide bonds. The number of hydrogen-bond donors (Lipinski definition) is 0. The molecule has 0 spiro atoms. The fraction of sp³-hybridized carbons (Fsp3) is 0.231. The zero-order chi connectivity index (χ0) is 12.7. The normalized spacial score (nSPS) is 14.8. The van der Waals surface area contributed by atoms with E-state index in [-0.39, 0.29) is 0 Å².